The molecule has 1 rings (SSSR count). The van der Waals surface area contributed by atoms with Gasteiger partial charge in [-0.2, -0.15) is 5.26 Å². The summed E-state index contributed by atoms with van der Waals surface area (Å²) in [6.07, 6.45) is 2.47. The van der Waals surface area contributed by atoms with Crippen LogP contribution >= 0.6 is 0 Å². The van der Waals surface area contributed by atoms with Crippen LogP contribution in [0.25, 0.3) is 0 Å². The van der Waals surface area contributed by atoms with E-state index in [2.05, 4.69) is 6.07 Å². The number of carbonyl (C=O) groups excluding carboxylic acids is 1. The van der Waals surface area contributed by atoms with Gasteiger partial charge in [0.1, 0.15) is 5.92 Å². The van der Waals surface area contributed by atoms with Gasteiger partial charge in [0, 0.05) is 13.6 Å². The molecule has 78 valence electrons. The van der Waals surface area contributed by atoms with Gasteiger partial charge in [0.25, 0.3) is 0 Å². The van der Waals surface area contributed by atoms with Crippen molar-refractivity contribution in [1.82, 2.24) is 4.90 Å². The highest BCUT2D eigenvalue weighted by Gasteiger charge is 2.29. The van der Waals surface area contributed by atoms with Gasteiger partial charge in [0.05, 0.1) is 6.07 Å². The Morgan fingerprint density at radius 3 is 2.50 bits per heavy atom. The lowest BCUT2D eigenvalue weighted by Crippen LogP contribution is -2.35. The van der Waals surface area contributed by atoms with Gasteiger partial charge in [0.15, 0.2) is 0 Å². The number of carbonyl (C=O) groups is 1. The Bertz CT molecular complexity index is 251. The summed E-state index contributed by atoms with van der Waals surface area (Å²) in [5, 5.41) is 8.87. The van der Waals surface area contributed by atoms with E-state index in [1.54, 1.807) is 11.9 Å². The maximum atomic E-state index is 11.8. The lowest BCUT2D eigenvalue weighted by atomic mass is 9.96. The Kier molecular flexibility index (Phi) is 3.51. The summed E-state index contributed by atoms with van der Waals surface area (Å²) < 4.78 is 0. The fourth-order valence-electron chi connectivity index (χ4n) is 1.50. The Hall–Kier alpha value is -1.04. The minimum Gasteiger partial charge on any atom is -0.344 e. The summed E-state index contributed by atoms with van der Waals surface area (Å²) in [4.78, 5) is 13.5. The zero-order chi connectivity index (χ0) is 10.7. The van der Waals surface area contributed by atoms with E-state index in [9.17, 15) is 4.79 Å². The molecule has 1 aliphatic rings. The zero-order valence-electron chi connectivity index (χ0n) is 9.16. The number of rotatable bonds is 4. The van der Waals surface area contributed by atoms with Crippen LogP contribution in [0.15, 0.2) is 0 Å². The molecule has 1 amide bonds. The quantitative estimate of drug-likeness (QED) is 0.683. The largest absolute Gasteiger partial charge is 0.344 e. The fourth-order valence-corrected chi connectivity index (χ4v) is 1.50. The van der Waals surface area contributed by atoms with Crippen molar-refractivity contribution in [3.05, 3.63) is 0 Å². The molecular weight excluding hydrogens is 176 g/mol. The maximum absolute atomic E-state index is 11.8. The molecule has 3 nitrogen and oxygen atoms in total. The Labute approximate surface area is 85.7 Å². The lowest BCUT2D eigenvalue weighted by Gasteiger charge is -2.21. The number of hydrogen-bond acceptors (Lipinski definition) is 2. The summed E-state index contributed by atoms with van der Waals surface area (Å²) in [5.41, 5.74) is 0. The molecule has 0 aromatic carbocycles. The minimum absolute atomic E-state index is 0.0191. The summed E-state index contributed by atoms with van der Waals surface area (Å²) in [6.45, 7) is 4.65. The topological polar surface area (TPSA) is 44.1 Å². The molecule has 0 heterocycles. The van der Waals surface area contributed by atoms with Crippen molar-refractivity contribution < 1.29 is 4.79 Å². The van der Waals surface area contributed by atoms with Crippen molar-refractivity contribution in [3.8, 4) is 6.07 Å². The highest BCUT2D eigenvalue weighted by Crippen LogP contribution is 2.29. The first kappa shape index (κ1) is 11.0. The number of amides is 1. The number of nitriles is 1. The van der Waals surface area contributed by atoms with Crippen LogP contribution in [0.5, 0.6) is 0 Å². The molecule has 3 heteroatoms. The lowest BCUT2D eigenvalue weighted by molar-refractivity contribution is -0.133. The van der Waals surface area contributed by atoms with Gasteiger partial charge >= 0.3 is 0 Å². The SMILES string of the molecule is CC(C)C(C#N)C(=O)N(C)CC1CC1. The molecule has 14 heavy (non-hydrogen) atoms. The second-order valence-corrected chi connectivity index (χ2v) is 4.51. The van der Waals surface area contributed by atoms with Crippen molar-refractivity contribution in [2.75, 3.05) is 13.6 Å². The highest BCUT2D eigenvalue weighted by atomic mass is 16.2. The van der Waals surface area contributed by atoms with E-state index in [1.165, 1.54) is 12.8 Å². The Morgan fingerprint density at radius 1 is 1.57 bits per heavy atom. The standard InChI is InChI=1S/C11H18N2O/c1-8(2)10(6-12)11(14)13(3)7-9-4-5-9/h8-10H,4-5,7H2,1-3H3. The first-order valence-corrected chi connectivity index (χ1v) is 5.20. The smallest absolute Gasteiger partial charge is 0.239 e. The van der Waals surface area contributed by atoms with Gasteiger partial charge in [-0.25, -0.2) is 0 Å². The molecule has 0 aromatic rings. The molecule has 0 radical (unpaired) electrons. The van der Waals surface area contributed by atoms with Crippen molar-refractivity contribution in [2.24, 2.45) is 17.8 Å². The molecule has 1 aliphatic carbocycles. The predicted octanol–water partition coefficient (Wildman–Crippen LogP) is 1.65. The molecule has 0 bridgehead atoms. The van der Waals surface area contributed by atoms with Crippen LogP contribution in [0.1, 0.15) is 26.7 Å². The molecule has 1 atom stereocenters. The summed E-state index contributed by atoms with van der Waals surface area (Å²) in [6, 6.07) is 2.08. The molecule has 0 aromatic heterocycles. The molecule has 0 saturated heterocycles. The van der Waals surface area contributed by atoms with Crippen LogP contribution in [-0.2, 0) is 4.79 Å². The van der Waals surface area contributed by atoms with Gasteiger partial charge in [-0.3, -0.25) is 4.79 Å². The third-order valence-corrected chi connectivity index (χ3v) is 2.68. The number of nitrogens with zero attached hydrogens (tertiary/aromatic N) is 2. The first-order chi connectivity index (χ1) is 6.56. The van der Waals surface area contributed by atoms with Crippen LogP contribution in [0.3, 0.4) is 0 Å². The van der Waals surface area contributed by atoms with E-state index < -0.39 is 5.92 Å². The summed E-state index contributed by atoms with van der Waals surface area (Å²) >= 11 is 0. The van der Waals surface area contributed by atoms with Crippen molar-refractivity contribution in [3.63, 3.8) is 0 Å². The van der Waals surface area contributed by atoms with Crippen molar-refractivity contribution in [2.45, 2.75) is 26.7 Å². The van der Waals surface area contributed by atoms with Crippen LogP contribution in [-0.4, -0.2) is 24.4 Å². The van der Waals surface area contributed by atoms with Crippen molar-refractivity contribution in [1.29, 1.82) is 5.26 Å². The second-order valence-electron chi connectivity index (χ2n) is 4.51. The van der Waals surface area contributed by atoms with Crippen molar-refractivity contribution >= 4 is 5.91 Å². The average molecular weight is 194 g/mol. The molecule has 0 spiro atoms. The van der Waals surface area contributed by atoms with E-state index in [4.69, 9.17) is 5.26 Å². The molecule has 0 N–H and O–H groups in total. The molecular formula is C11H18N2O. The fraction of sp³-hybridized carbons (Fsp3) is 0.818. The molecule has 1 unspecified atom stereocenters. The molecule has 0 aliphatic heterocycles. The van der Waals surface area contributed by atoms with Crippen LogP contribution in [0.2, 0.25) is 0 Å². The van der Waals surface area contributed by atoms with Gasteiger partial charge in [-0.1, -0.05) is 13.8 Å². The normalized spacial score (nSPS) is 17.6. The summed E-state index contributed by atoms with van der Waals surface area (Å²) in [5.74, 6) is 0.303. The number of hydrogen-bond donors (Lipinski definition) is 0. The van der Waals surface area contributed by atoms with E-state index in [-0.39, 0.29) is 11.8 Å². The zero-order valence-corrected chi connectivity index (χ0v) is 9.16. The van der Waals surface area contributed by atoms with E-state index >= 15 is 0 Å². The Morgan fingerprint density at radius 2 is 2.14 bits per heavy atom. The van der Waals surface area contributed by atoms with E-state index in [0.29, 0.717) is 5.92 Å². The predicted molar refractivity (Wildman–Crippen MR) is 54.3 cm³/mol. The van der Waals surface area contributed by atoms with E-state index in [1.807, 2.05) is 13.8 Å². The van der Waals surface area contributed by atoms with E-state index in [0.717, 1.165) is 6.54 Å². The van der Waals surface area contributed by atoms with Gasteiger partial charge in [-0.15, -0.1) is 0 Å². The third kappa shape index (κ3) is 2.73. The molecule has 1 fully saturated rings. The van der Waals surface area contributed by atoms with Crippen LogP contribution in [0, 0.1) is 29.1 Å². The van der Waals surface area contributed by atoms with Gasteiger partial charge in [-0.05, 0) is 24.7 Å². The monoisotopic (exact) mass is 194 g/mol. The maximum Gasteiger partial charge on any atom is 0.239 e. The van der Waals surface area contributed by atoms with Crippen LogP contribution < -0.4 is 0 Å². The highest BCUT2D eigenvalue weighted by molar-refractivity contribution is 5.81. The van der Waals surface area contributed by atoms with Gasteiger partial charge in [0.2, 0.25) is 5.91 Å². The first-order valence-electron chi connectivity index (χ1n) is 5.20. The third-order valence-electron chi connectivity index (χ3n) is 2.68. The average Bonchev–Trinajstić information content (AvgIpc) is 2.88. The second kappa shape index (κ2) is 4.45. The minimum atomic E-state index is -0.473. The molecule has 1 saturated carbocycles. The summed E-state index contributed by atoms with van der Waals surface area (Å²) in [7, 11) is 1.80. The van der Waals surface area contributed by atoms with Gasteiger partial charge < -0.3 is 4.90 Å². The Balaban J connectivity index is 2.48. The van der Waals surface area contributed by atoms with Crippen LogP contribution in [0.4, 0.5) is 0 Å².